The number of primary amides is 1. The number of nitrogens with two attached hydrogens (primary N) is 1. The number of pyridine rings is 1. The maximum atomic E-state index is 12.6. The molecule has 0 fully saturated rings. The molecule has 0 unspecified atom stereocenters. The summed E-state index contributed by atoms with van der Waals surface area (Å²) in [5, 5.41) is 14.9. The fourth-order valence-corrected chi connectivity index (χ4v) is 2.66. The van der Waals surface area contributed by atoms with Crippen LogP contribution in [0, 0.1) is 0 Å². The Morgan fingerprint density at radius 1 is 1.13 bits per heavy atom. The van der Waals surface area contributed by atoms with Gasteiger partial charge in [-0.05, 0) is 24.1 Å². The van der Waals surface area contributed by atoms with Crippen LogP contribution in [0.15, 0.2) is 48.7 Å². The van der Waals surface area contributed by atoms with Gasteiger partial charge in [0.2, 0.25) is 11.8 Å². The molecule has 3 amide bonds. The predicted octanol–water partition coefficient (Wildman–Crippen LogP) is 0.923. The summed E-state index contributed by atoms with van der Waals surface area (Å²) in [6.45, 7) is 1.32. The number of carbonyl (C=O) groups is 3. The van der Waals surface area contributed by atoms with Gasteiger partial charge in [-0.15, -0.1) is 0 Å². The number of aliphatic hydroxyl groups is 1. The Hall–Kier alpha value is -3.17. The van der Waals surface area contributed by atoms with Crippen molar-refractivity contribution in [3.05, 3.63) is 64.9 Å². The number of amides is 3. The molecule has 1 aromatic carbocycles. The Bertz CT molecular complexity index is 861. The number of hydrogen-bond acceptors (Lipinski definition) is 6. The van der Waals surface area contributed by atoms with Gasteiger partial charge in [0.15, 0.2) is 0 Å². The van der Waals surface area contributed by atoms with Gasteiger partial charge in [0.1, 0.15) is 23.8 Å². The average Bonchev–Trinajstić information content (AvgIpc) is 2.71. The van der Waals surface area contributed by atoms with Crippen molar-refractivity contribution in [3.8, 4) is 0 Å². The van der Waals surface area contributed by atoms with E-state index in [0.29, 0.717) is 5.56 Å². The van der Waals surface area contributed by atoms with Crippen molar-refractivity contribution in [1.29, 1.82) is 0 Å². The number of nitrogens with one attached hydrogen (secondary N) is 2. The summed E-state index contributed by atoms with van der Waals surface area (Å²) >= 11 is 5.73. The molecule has 9 nitrogen and oxygen atoms in total. The summed E-state index contributed by atoms with van der Waals surface area (Å²) in [5.41, 5.74) is 6.76. The van der Waals surface area contributed by atoms with Crippen LogP contribution in [0.5, 0.6) is 0 Å². The lowest BCUT2D eigenvalue weighted by Crippen LogP contribution is -2.57. The van der Waals surface area contributed by atoms with Crippen LogP contribution in [-0.4, -0.2) is 46.2 Å². The maximum Gasteiger partial charge on any atom is 0.408 e. The number of benzene rings is 1. The summed E-state index contributed by atoms with van der Waals surface area (Å²) in [5.74, 6) is -1.57. The number of nitrogens with zero attached hydrogens (tertiary/aromatic N) is 1. The third-order valence-electron chi connectivity index (χ3n) is 4.14. The Kier molecular flexibility index (Phi) is 8.57. The lowest BCUT2D eigenvalue weighted by Gasteiger charge is -2.23. The topological polar surface area (TPSA) is 144 Å². The van der Waals surface area contributed by atoms with E-state index >= 15 is 0 Å². The van der Waals surface area contributed by atoms with Gasteiger partial charge in [0, 0.05) is 12.6 Å². The molecule has 3 atom stereocenters. The van der Waals surface area contributed by atoms with Crippen LogP contribution < -0.4 is 16.4 Å². The highest BCUT2D eigenvalue weighted by Gasteiger charge is 2.29. The van der Waals surface area contributed by atoms with Gasteiger partial charge in [-0.3, -0.25) is 9.59 Å². The molecule has 0 bridgehead atoms. The fourth-order valence-electron chi connectivity index (χ4n) is 2.54. The minimum absolute atomic E-state index is 0.00566. The number of rotatable bonds is 9. The maximum absolute atomic E-state index is 12.6. The number of carbonyl (C=O) groups excluding carboxylic acids is 3. The van der Waals surface area contributed by atoms with Crippen molar-refractivity contribution in [2.24, 2.45) is 5.73 Å². The predicted molar refractivity (Wildman–Crippen MR) is 109 cm³/mol. The Morgan fingerprint density at radius 2 is 1.83 bits per heavy atom. The highest BCUT2D eigenvalue weighted by molar-refractivity contribution is 6.29. The molecule has 1 aromatic heterocycles. The van der Waals surface area contributed by atoms with Crippen molar-refractivity contribution in [2.45, 2.75) is 38.1 Å². The summed E-state index contributed by atoms with van der Waals surface area (Å²) in [7, 11) is 0. The fraction of sp³-hybridized carbons (Fsp3) is 0.300. The zero-order valence-corrected chi connectivity index (χ0v) is 17.0. The Balaban J connectivity index is 1.97. The van der Waals surface area contributed by atoms with Gasteiger partial charge in [0.25, 0.3) is 0 Å². The van der Waals surface area contributed by atoms with E-state index in [1.54, 1.807) is 36.4 Å². The van der Waals surface area contributed by atoms with Crippen LogP contribution >= 0.6 is 11.6 Å². The van der Waals surface area contributed by atoms with Crippen LogP contribution in [0.4, 0.5) is 4.79 Å². The average molecular weight is 435 g/mol. The van der Waals surface area contributed by atoms with Gasteiger partial charge in [-0.1, -0.05) is 48.0 Å². The molecule has 0 aliphatic heterocycles. The van der Waals surface area contributed by atoms with Crippen molar-refractivity contribution in [2.75, 3.05) is 0 Å². The summed E-state index contributed by atoms with van der Waals surface area (Å²) in [4.78, 5) is 40.3. The summed E-state index contributed by atoms with van der Waals surface area (Å²) in [6, 6.07) is 9.72. The molecule has 1 heterocycles. The zero-order chi connectivity index (χ0) is 22.1. The second-order valence-corrected chi connectivity index (χ2v) is 6.97. The number of halogens is 1. The number of alkyl carbamates (subject to hydrolysis) is 1. The third kappa shape index (κ3) is 7.34. The second-order valence-electron chi connectivity index (χ2n) is 6.58. The largest absolute Gasteiger partial charge is 0.445 e. The van der Waals surface area contributed by atoms with Crippen LogP contribution in [0.1, 0.15) is 18.1 Å². The van der Waals surface area contributed by atoms with E-state index in [1.165, 1.54) is 13.1 Å². The molecule has 2 rings (SSSR count). The van der Waals surface area contributed by atoms with Crippen molar-refractivity contribution >= 4 is 29.5 Å². The van der Waals surface area contributed by atoms with Gasteiger partial charge in [-0.2, -0.15) is 0 Å². The molecule has 2 aromatic rings. The number of hydrogen-bond donors (Lipinski definition) is 4. The molecule has 0 aliphatic carbocycles. The normalized spacial score (nSPS) is 13.6. The molecule has 0 aliphatic rings. The lowest BCUT2D eigenvalue weighted by molar-refractivity contribution is -0.130. The van der Waals surface area contributed by atoms with Crippen LogP contribution in [0.3, 0.4) is 0 Å². The smallest absolute Gasteiger partial charge is 0.408 e. The molecule has 160 valence electrons. The quantitative estimate of drug-likeness (QED) is 0.432. The van der Waals surface area contributed by atoms with E-state index in [1.807, 2.05) is 6.07 Å². The van der Waals surface area contributed by atoms with E-state index in [4.69, 9.17) is 22.1 Å². The first kappa shape index (κ1) is 23.1. The molecule has 0 spiro atoms. The number of aromatic nitrogens is 1. The molecular formula is C20H23ClN4O5. The summed E-state index contributed by atoms with van der Waals surface area (Å²) in [6.07, 6.45) is -0.621. The second kappa shape index (κ2) is 11.1. The first-order valence-corrected chi connectivity index (χ1v) is 9.49. The van der Waals surface area contributed by atoms with Gasteiger partial charge < -0.3 is 26.2 Å². The molecule has 30 heavy (non-hydrogen) atoms. The van der Waals surface area contributed by atoms with E-state index in [2.05, 4.69) is 15.6 Å². The van der Waals surface area contributed by atoms with E-state index in [9.17, 15) is 19.5 Å². The molecule has 0 saturated carbocycles. The van der Waals surface area contributed by atoms with E-state index in [-0.39, 0.29) is 18.2 Å². The lowest BCUT2D eigenvalue weighted by atomic mass is 10.1. The van der Waals surface area contributed by atoms with Crippen LogP contribution in [0.2, 0.25) is 5.15 Å². The summed E-state index contributed by atoms with van der Waals surface area (Å²) < 4.78 is 5.06. The molecule has 5 N–H and O–H groups in total. The Morgan fingerprint density at radius 3 is 2.40 bits per heavy atom. The minimum Gasteiger partial charge on any atom is -0.445 e. The molecule has 0 radical (unpaired) electrons. The number of ether oxygens (including phenoxy) is 1. The van der Waals surface area contributed by atoms with Gasteiger partial charge >= 0.3 is 6.09 Å². The van der Waals surface area contributed by atoms with E-state index in [0.717, 1.165) is 5.56 Å². The third-order valence-corrected chi connectivity index (χ3v) is 4.36. The molecule has 10 heteroatoms. The van der Waals surface area contributed by atoms with Gasteiger partial charge in [0.05, 0.1) is 6.10 Å². The molecule has 0 saturated heterocycles. The van der Waals surface area contributed by atoms with Crippen LogP contribution in [0.25, 0.3) is 0 Å². The standard InChI is InChI=1S/C20H23ClN4O5/c1-12(26)17(25-20(29)30-11-13-5-3-2-4-6-13)19(28)24-15(18(22)27)9-14-7-8-16(21)23-10-14/h2-8,10,12,15,17,26H,9,11H2,1H3,(H2,22,27)(H,24,28)(H,25,29)/t12-,15+,17+/m1/s1. The van der Waals surface area contributed by atoms with E-state index < -0.39 is 36.1 Å². The monoisotopic (exact) mass is 434 g/mol. The van der Waals surface area contributed by atoms with Crippen molar-refractivity contribution < 1.29 is 24.2 Å². The SMILES string of the molecule is C[C@@H](O)[C@H](NC(=O)OCc1ccccc1)C(=O)N[C@@H](Cc1ccc(Cl)nc1)C(N)=O. The zero-order valence-electron chi connectivity index (χ0n) is 16.2. The molecular weight excluding hydrogens is 412 g/mol. The Labute approximate surface area is 178 Å². The van der Waals surface area contributed by atoms with Crippen LogP contribution in [-0.2, 0) is 27.4 Å². The van der Waals surface area contributed by atoms with Crippen molar-refractivity contribution in [1.82, 2.24) is 15.6 Å². The minimum atomic E-state index is -1.35. The highest BCUT2D eigenvalue weighted by atomic mass is 35.5. The first-order chi connectivity index (χ1) is 14.3. The van der Waals surface area contributed by atoms with Gasteiger partial charge in [-0.25, -0.2) is 9.78 Å². The highest BCUT2D eigenvalue weighted by Crippen LogP contribution is 2.08. The first-order valence-electron chi connectivity index (χ1n) is 9.11. The number of aliphatic hydroxyl groups excluding tert-OH is 1. The van der Waals surface area contributed by atoms with Crippen molar-refractivity contribution in [3.63, 3.8) is 0 Å².